The zero-order valence-corrected chi connectivity index (χ0v) is 7.23. The molecule has 2 nitrogen and oxygen atoms in total. The summed E-state index contributed by atoms with van der Waals surface area (Å²) in [5.41, 5.74) is 0. The van der Waals surface area contributed by atoms with Gasteiger partial charge in [-0.1, -0.05) is 0 Å². The molecular weight excluding hydrogens is 288 g/mol. The van der Waals surface area contributed by atoms with Crippen LogP contribution in [0.2, 0.25) is 0 Å². The largest absolute Gasteiger partial charge is 3.00 e. The first kappa shape index (κ1) is 40.0. The van der Waals surface area contributed by atoms with Gasteiger partial charge in [0.25, 0.3) is 0 Å². The predicted octanol–water partition coefficient (Wildman–Crippen LogP) is -9.65. The van der Waals surface area contributed by atoms with E-state index in [-0.39, 0.29) is 86.6 Å². The molecule has 0 aromatic heterocycles. The molecule has 42 valence electrons. The van der Waals surface area contributed by atoms with Crippen LogP contribution < -0.4 is 43.1 Å². The van der Waals surface area contributed by atoms with Crippen LogP contribution in [-0.2, 0) is 0 Å². The molecule has 0 spiro atoms. The van der Waals surface area contributed by atoms with Crippen LogP contribution in [0, 0.1) is 49.4 Å². The predicted molar refractivity (Wildman–Crippen MR) is 5.97 cm³/mol. The second kappa shape index (κ2) is 53.1. The van der Waals surface area contributed by atoms with Gasteiger partial charge in [-0.15, -0.1) is 0 Å². The Morgan fingerprint density at radius 1 is 0.833 bits per heavy atom. The second-order valence-corrected chi connectivity index (χ2v) is 0. The molecule has 0 rings (SSSR count). The van der Waals surface area contributed by atoms with Crippen molar-refractivity contribution in [2.45, 2.75) is 0 Å². The summed E-state index contributed by atoms with van der Waals surface area (Å²) in [5, 5.41) is 6.50. The molecule has 0 atom stereocenters. The molecule has 0 fully saturated rings. The summed E-state index contributed by atoms with van der Waals surface area (Å²) >= 11 is 0. The Hall–Kier alpha value is 2.37. The van der Waals surface area contributed by atoms with E-state index >= 15 is 0 Å². The van der Waals surface area contributed by atoms with Gasteiger partial charge in [-0.2, -0.15) is 0 Å². The monoisotopic (exact) mass is 291 g/mol. The third kappa shape index (κ3) is 32.7. The SMILES string of the molecule is NO.[Cl-].[Cl-].[Cl-].[Eu+3]. The summed E-state index contributed by atoms with van der Waals surface area (Å²) in [5.74, 6) is 3.50. The minimum absolute atomic E-state index is 0. The summed E-state index contributed by atoms with van der Waals surface area (Å²) in [6, 6.07) is 0. The molecule has 0 aliphatic carbocycles. The molecule has 0 radical (unpaired) electrons. The van der Waals surface area contributed by atoms with Crippen molar-refractivity contribution < 1.29 is 91.8 Å². The average molecular weight is 291 g/mol. The molecule has 0 aromatic rings. The van der Waals surface area contributed by atoms with Gasteiger partial charge in [-0.25, -0.2) is 5.90 Å². The maximum Gasteiger partial charge on any atom is 3.00 e. The topological polar surface area (TPSA) is 46.2 Å². The first-order valence-corrected chi connectivity index (χ1v) is 0.258. The Balaban J connectivity index is -0.000000000833. The van der Waals surface area contributed by atoms with Crippen LogP contribution in [0.5, 0.6) is 0 Å². The third-order valence-corrected chi connectivity index (χ3v) is 0. The summed E-state index contributed by atoms with van der Waals surface area (Å²) in [4.78, 5) is 0. The van der Waals surface area contributed by atoms with E-state index in [0.29, 0.717) is 0 Å². The van der Waals surface area contributed by atoms with Crippen molar-refractivity contribution in [3.05, 3.63) is 0 Å². The van der Waals surface area contributed by atoms with Crippen molar-refractivity contribution >= 4 is 0 Å². The molecule has 0 aliphatic heterocycles. The Labute approximate surface area is 96.0 Å². The standard InChI is InChI=1S/3ClH.Eu.H3NO/c;;;;1-2/h3*1H;;2H,1H2/q;;;+3;/p-3. The van der Waals surface area contributed by atoms with Crippen LogP contribution in [0.4, 0.5) is 0 Å². The van der Waals surface area contributed by atoms with Gasteiger partial charge in [0.1, 0.15) is 0 Å². The molecule has 0 amide bonds. The van der Waals surface area contributed by atoms with Crippen LogP contribution in [0.25, 0.3) is 0 Å². The smallest absolute Gasteiger partial charge is 1.00 e. The minimum Gasteiger partial charge on any atom is -1.00 e. The van der Waals surface area contributed by atoms with Crippen LogP contribution >= 0.6 is 0 Å². The first-order valence-electron chi connectivity index (χ1n) is 0.258. The fraction of sp³-hybridized carbons (Fsp3) is 0. The first-order chi connectivity index (χ1) is 1.00. The van der Waals surface area contributed by atoms with Crippen LogP contribution in [0.3, 0.4) is 0 Å². The Morgan fingerprint density at radius 2 is 0.833 bits per heavy atom. The maximum atomic E-state index is 6.50. The van der Waals surface area contributed by atoms with Crippen molar-refractivity contribution in [2.75, 3.05) is 0 Å². The van der Waals surface area contributed by atoms with Gasteiger partial charge >= 0.3 is 49.4 Å². The molecule has 0 bridgehead atoms. The number of hydrogen-bond acceptors (Lipinski definition) is 2. The molecule has 3 N–H and O–H groups in total. The number of hydrogen-bond donors (Lipinski definition) is 2. The van der Waals surface area contributed by atoms with Crippen LogP contribution in [0.1, 0.15) is 0 Å². The van der Waals surface area contributed by atoms with Gasteiger partial charge in [0.15, 0.2) is 0 Å². The Morgan fingerprint density at radius 3 is 0.833 bits per heavy atom. The van der Waals surface area contributed by atoms with Gasteiger partial charge in [0, 0.05) is 0 Å². The van der Waals surface area contributed by atoms with E-state index in [1.54, 1.807) is 0 Å². The van der Waals surface area contributed by atoms with Crippen molar-refractivity contribution in [1.82, 2.24) is 0 Å². The zero-order chi connectivity index (χ0) is 2.00. The summed E-state index contributed by atoms with van der Waals surface area (Å²) < 4.78 is 0. The van der Waals surface area contributed by atoms with E-state index in [1.807, 2.05) is 0 Å². The molecule has 0 saturated heterocycles. The maximum absolute atomic E-state index is 6.50. The van der Waals surface area contributed by atoms with E-state index in [2.05, 4.69) is 5.90 Å². The van der Waals surface area contributed by atoms with Gasteiger partial charge < -0.3 is 42.4 Å². The number of nitrogens with two attached hydrogens (primary N) is 1. The minimum atomic E-state index is 0. The Bertz CT molecular complexity index is 10.8. The summed E-state index contributed by atoms with van der Waals surface area (Å²) in [6.07, 6.45) is 0. The van der Waals surface area contributed by atoms with Gasteiger partial charge in [-0.3, -0.25) is 0 Å². The molecule has 6 heteroatoms. The van der Waals surface area contributed by atoms with E-state index in [4.69, 9.17) is 5.21 Å². The van der Waals surface area contributed by atoms with Crippen molar-refractivity contribution in [2.24, 2.45) is 5.90 Å². The van der Waals surface area contributed by atoms with E-state index in [9.17, 15) is 0 Å². The van der Waals surface area contributed by atoms with Gasteiger partial charge in [-0.05, 0) is 0 Å². The van der Waals surface area contributed by atoms with Gasteiger partial charge in [0.2, 0.25) is 0 Å². The molecule has 6 heavy (non-hydrogen) atoms. The quantitative estimate of drug-likeness (QED) is 0.436. The van der Waals surface area contributed by atoms with E-state index in [1.165, 1.54) is 0 Å². The van der Waals surface area contributed by atoms with Gasteiger partial charge in [0.05, 0.1) is 0 Å². The number of rotatable bonds is 0. The van der Waals surface area contributed by atoms with E-state index < -0.39 is 0 Å². The molecule has 0 aromatic carbocycles. The second-order valence-electron chi connectivity index (χ2n) is 0. The fourth-order valence-corrected chi connectivity index (χ4v) is 0. The summed E-state index contributed by atoms with van der Waals surface area (Å²) in [6.45, 7) is 0. The molecule has 0 saturated carbocycles. The third-order valence-electron chi connectivity index (χ3n) is 0. The molecule has 0 unspecified atom stereocenters. The molecule has 0 aliphatic rings. The van der Waals surface area contributed by atoms with Crippen molar-refractivity contribution in [3.63, 3.8) is 0 Å². The summed E-state index contributed by atoms with van der Waals surface area (Å²) in [7, 11) is 0. The van der Waals surface area contributed by atoms with Crippen molar-refractivity contribution in [1.29, 1.82) is 0 Å². The molecule has 0 heterocycles. The van der Waals surface area contributed by atoms with Crippen LogP contribution in [0.15, 0.2) is 0 Å². The normalized spacial score (nSPS) is 1.00. The average Bonchev–Trinajstić information content (AvgIpc) is 1.00. The van der Waals surface area contributed by atoms with Crippen molar-refractivity contribution in [3.8, 4) is 0 Å². The molecular formula is H3Cl3EuNO. The Kier molecular flexibility index (Phi) is 354. The fourth-order valence-electron chi connectivity index (χ4n) is 0. The van der Waals surface area contributed by atoms with E-state index in [0.717, 1.165) is 0 Å². The van der Waals surface area contributed by atoms with Crippen LogP contribution in [-0.4, -0.2) is 5.21 Å². The zero-order valence-electron chi connectivity index (χ0n) is 2.54. The number of halogens is 3.